The van der Waals surface area contributed by atoms with Crippen LogP contribution in [0.2, 0.25) is 10.0 Å². The third kappa shape index (κ3) is 6.09. The van der Waals surface area contributed by atoms with Crippen LogP contribution in [0.25, 0.3) is 0 Å². The molecule has 2 aromatic carbocycles. The molecule has 156 valence electrons. The summed E-state index contributed by atoms with van der Waals surface area (Å²) in [6.07, 6.45) is -0.108. The summed E-state index contributed by atoms with van der Waals surface area (Å²) in [6.45, 7) is 5.89. The van der Waals surface area contributed by atoms with Gasteiger partial charge in [-0.05, 0) is 42.5 Å². The zero-order chi connectivity index (χ0) is 20.8. The number of hydrogen-bond acceptors (Lipinski definition) is 5. The summed E-state index contributed by atoms with van der Waals surface area (Å²) in [7, 11) is 0. The fourth-order valence-electron chi connectivity index (χ4n) is 3.38. The van der Waals surface area contributed by atoms with E-state index in [4.69, 9.17) is 27.9 Å². The van der Waals surface area contributed by atoms with Gasteiger partial charge in [0.1, 0.15) is 18.5 Å². The number of rotatable bonds is 8. The summed E-state index contributed by atoms with van der Waals surface area (Å²) >= 11 is 12.4. The fraction of sp³-hybridized carbons (Fsp3) is 0.409. The number of ether oxygens (including phenoxy) is 1. The lowest BCUT2D eigenvalue weighted by molar-refractivity contribution is 0.0663. The van der Waals surface area contributed by atoms with Crippen LogP contribution >= 0.6 is 23.2 Å². The normalized spacial score (nSPS) is 15.9. The molecule has 0 aliphatic carbocycles. The van der Waals surface area contributed by atoms with Crippen LogP contribution in [0.1, 0.15) is 23.7 Å². The van der Waals surface area contributed by atoms with Crippen molar-refractivity contribution >= 4 is 34.7 Å². The average molecular weight is 437 g/mol. The van der Waals surface area contributed by atoms with Gasteiger partial charge in [0.25, 0.3) is 0 Å². The molecule has 5 nitrogen and oxygen atoms in total. The predicted molar refractivity (Wildman–Crippen MR) is 118 cm³/mol. The molecule has 0 spiro atoms. The molecule has 0 saturated carbocycles. The first kappa shape index (κ1) is 21.9. The molecule has 0 unspecified atom stereocenters. The minimum Gasteiger partial charge on any atom is -0.491 e. The van der Waals surface area contributed by atoms with E-state index in [-0.39, 0.29) is 12.4 Å². The quantitative estimate of drug-likeness (QED) is 0.629. The van der Waals surface area contributed by atoms with Crippen molar-refractivity contribution < 1.29 is 14.6 Å². The zero-order valence-corrected chi connectivity index (χ0v) is 18.0. The number of carbonyl (C=O) groups is 1. The Hall–Kier alpha value is -1.79. The molecule has 2 aromatic rings. The molecule has 1 aliphatic rings. The van der Waals surface area contributed by atoms with Gasteiger partial charge in [0.05, 0.1) is 10.7 Å². The maximum Gasteiger partial charge on any atom is 0.162 e. The molecule has 1 heterocycles. The summed E-state index contributed by atoms with van der Waals surface area (Å²) in [5.74, 6) is 0.756. The zero-order valence-electron chi connectivity index (χ0n) is 16.5. The minimum absolute atomic E-state index is 0.106. The number of ketones is 1. The Morgan fingerprint density at radius 2 is 1.79 bits per heavy atom. The number of piperazine rings is 1. The van der Waals surface area contributed by atoms with E-state index in [1.807, 2.05) is 19.1 Å². The highest BCUT2D eigenvalue weighted by atomic mass is 35.5. The molecule has 29 heavy (non-hydrogen) atoms. The molecule has 1 N–H and O–H groups in total. The largest absolute Gasteiger partial charge is 0.491 e. The van der Waals surface area contributed by atoms with Crippen molar-refractivity contribution in [2.45, 2.75) is 19.4 Å². The third-order valence-electron chi connectivity index (χ3n) is 5.03. The maximum absolute atomic E-state index is 11.7. The van der Waals surface area contributed by atoms with Gasteiger partial charge in [-0.1, -0.05) is 30.1 Å². The molecule has 0 amide bonds. The molecule has 1 aliphatic heterocycles. The highest BCUT2D eigenvalue weighted by Gasteiger charge is 2.21. The van der Waals surface area contributed by atoms with Crippen LogP contribution < -0.4 is 9.64 Å². The standard InChI is InChI=1S/C22H26Cl2N2O3/c1-2-22(28)16-3-6-19(7-4-16)29-15-18(27)14-25-9-11-26(12-10-25)21-13-17(23)5-8-20(21)24/h3-8,13,18,27H,2,9-12,14-15H2,1H3/t18-/m1/s1. The number of carbonyl (C=O) groups excluding carboxylic acids is 1. The van der Waals surface area contributed by atoms with Crippen molar-refractivity contribution in [3.63, 3.8) is 0 Å². The van der Waals surface area contributed by atoms with Gasteiger partial charge >= 0.3 is 0 Å². The van der Waals surface area contributed by atoms with Crippen LogP contribution in [0.5, 0.6) is 5.75 Å². The summed E-state index contributed by atoms with van der Waals surface area (Å²) in [6, 6.07) is 12.5. The van der Waals surface area contributed by atoms with Crippen molar-refractivity contribution in [3.05, 3.63) is 58.1 Å². The van der Waals surface area contributed by atoms with Crippen LogP contribution in [-0.4, -0.2) is 61.2 Å². The van der Waals surface area contributed by atoms with E-state index >= 15 is 0 Å². The van der Waals surface area contributed by atoms with Crippen LogP contribution in [0.15, 0.2) is 42.5 Å². The summed E-state index contributed by atoms with van der Waals surface area (Å²) in [5, 5.41) is 11.7. The van der Waals surface area contributed by atoms with E-state index in [0.717, 1.165) is 31.9 Å². The first-order chi connectivity index (χ1) is 14.0. The Balaban J connectivity index is 1.43. The smallest absolute Gasteiger partial charge is 0.162 e. The molecule has 1 fully saturated rings. The van der Waals surface area contributed by atoms with Gasteiger partial charge < -0.3 is 14.7 Å². The van der Waals surface area contributed by atoms with Crippen LogP contribution in [0.3, 0.4) is 0 Å². The first-order valence-corrected chi connectivity index (χ1v) is 10.6. The Morgan fingerprint density at radius 1 is 1.10 bits per heavy atom. The van der Waals surface area contributed by atoms with Crippen molar-refractivity contribution in [1.82, 2.24) is 4.90 Å². The van der Waals surface area contributed by atoms with Gasteiger partial charge in [-0.15, -0.1) is 0 Å². The highest BCUT2D eigenvalue weighted by Crippen LogP contribution is 2.29. The van der Waals surface area contributed by atoms with Crippen LogP contribution in [0, 0.1) is 0 Å². The summed E-state index contributed by atoms with van der Waals surface area (Å²) < 4.78 is 5.67. The Kier molecular flexibility index (Phi) is 7.78. The molecule has 0 bridgehead atoms. The number of β-amino-alcohol motifs (C(OH)–C–C–N with tert-alkyl or cyclic N) is 1. The maximum atomic E-state index is 11.7. The van der Waals surface area contributed by atoms with E-state index in [1.54, 1.807) is 30.3 Å². The lowest BCUT2D eigenvalue weighted by Crippen LogP contribution is -2.49. The second-order valence-corrected chi connectivity index (χ2v) is 7.99. The third-order valence-corrected chi connectivity index (χ3v) is 5.58. The van der Waals surface area contributed by atoms with Crippen molar-refractivity contribution in [2.24, 2.45) is 0 Å². The Labute approximate surface area is 181 Å². The topological polar surface area (TPSA) is 53.0 Å². The first-order valence-electron chi connectivity index (χ1n) is 9.82. The van der Waals surface area contributed by atoms with Gasteiger partial charge in [0.15, 0.2) is 5.78 Å². The van der Waals surface area contributed by atoms with Crippen molar-refractivity contribution in [3.8, 4) is 5.75 Å². The lowest BCUT2D eigenvalue weighted by atomic mass is 10.1. The molecule has 0 aromatic heterocycles. The van der Waals surface area contributed by atoms with Crippen LogP contribution in [-0.2, 0) is 0 Å². The van der Waals surface area contributed by atoms with E-state index in [1.165, 1.54) is 0 Å². The van der Waals surface area contributed by atoms with E-state index in [0.29, 0.717) is 34.3 Å². The Bertz CT molecular complexity index is 821. The molecule has 3 rings (SSSR count). The van der Waals surface area contributed by atoms with Crippen LogP contribution in [0.4, 0.5) is 5.69 Å². The minimum atomic E-state index is -0.590. The summed E-state index contributed by atoms with van der Waals surface area (Å²) in [5.41, 5.74) is 1.63. The predicted octanol–water partition coefficient (Wildman–Crippen LogP) is 4.15. The average Bonchev–Trinajstić information content (AvgIpc) is 2.74. The number of anilines is 1. The van der Waals surface area contributed by atoms with Gasteiger partial charge in [-0.2, -0.15) is 0 Å². The van der Waals surface area contributed by atoms with Crippen molar-refractivity contribution in [1.29, 1.82) is 0 Å². The Morgan fingerprint density at radius 3 is 2.45 bits per heavy atom. The number of aliphatic hydroxyl groups is 1. The molecule has 0 radical (unpaired) electrons. The van der Waals surface area contributed by atoms with Gasteiger partial charge in [-0.25, -0.2) is 0 Å². The SMILES string of the molecule is CCC(=O)c1ccc(OC[C@H](O)CN2CCN(c3cc(Cl)ccc3Cl)CC2)cc1. The van der Waals surface area contributed by atoms with Gasteiger partial charge in [0, 0.05) is 49.7 Å². The molecule has 1 saturated heterocycles. The van der Waals surface area contributed by atoms with Gasteiger partial charge in [-0.3, -0.25) is 9.69 Å². The summed E-state index contributed by atoms with van der Waals surface area (Å²) in [4.78, 5) is 16.1. The van der Waals surface area contributed by atoms with E-state index < -0.39 is 6.10 Å². The number of benzene rings is 2. The molecular weight excluding hydrogens is 411 g/mol. The number of aliphatic hydroxyl groups excluding tert-OH is 1. The molecular formula is C22H26Cl2N2O3. The van der Waals surface area contributed by atoms with E-state index in [9.17, 15) is 9.90 Å². The number of Topliss-reactive ketones (excluding diaryl/α,β-unsaturated/α-hetero) is 1. The molecule has 7 heteroatoms. The number of nitrogens with zero attached hydrogens (tertiary/aromatic N) is 2. The highest BCUT2D eigenvalue weighted by molar-refractivity contribution is 6.35. The molecule has 1 atom stereocenters. The lowest BCUT2D eigenvalue weighted by Gasteiger charge is -2.37. The second-order valence-electron chi connectivity index (χ2n) is 7.15. The number of halogens is 2. The number of hydrogen-bond donors (Lipinski definition) is 1. The van der Waals surface area contributed by atoms with E-state index in [2.05, 4.69) is 9.80 Å². The monoisotopic (exact) mass is 436 g/mol. The second kappa shape index (κ2) is 10.3. The van der Waals surface area contributed by atoms with Gasteiger partial charge in [0.2, 0.25) is 0 Å². The fourth-order valence-corrected chi connectivity index (χ4v) is 3.79. The van der Waals surface area contributed by atoms with Crippen molar-refractivity contribution in [2.75, 3.05) is 44.2 Å².